The zero-order chi connectivity index (χ0) is 14.2. The van der Waals surface area contributed by atoms with Crippen molar-refractivity contribution in [1.29, 1.82) is 0 Å². The molecule has 19 heavy (non-hydrogen) atoms. The molecule has 0 aliphatic rings. The van der Waals surface area contributed by atoms with Crippen LogP contribution < -0.4 is 5.73 Å². The first kappa shape index (κ1) is 13.9. The lowest BCUT2D eigenvalue weighted by Gasteiger charge is -2.15. The van der Waals surface area contributed by atoms with Crippen molar-refractivity contribution < 1.29 is 13.2 Å². The van der Waals surface area contributed by atoms with Gasteiger partial charge in [0, 0.05) is 5.02 Å². The lowest BCUT2D eigenvalue weighted by molar-refractivity contribution is 0.506. The maximum Gasteiger partial charge on any atom is 0.159 e. The quantitative estimate of drug-likeness (QED) is 0.883. The molecule has 100 valence electrons. The highest BCUT2D eigenvalue weighted by Gasteiger charge is 2.16. The number of hydrogen-bond acceptors (Lipinski definition) is 1. The van der Waals surface area contributed by atoms with Crippen LogP contribution in [0.4, 0.5) is 13.2 Å². The predicted molar refractivity (Wildman–Crippen MR) is 68.5 cm³/mol. The van der Waals surface area contributed by atoms with Gasteiger partial charge in [0.1, 0.15) is 5.82 Å². The third kappa shape index (κ3) is 2.74. The van der Waals surface area contributed by atoms with Crippen molar-refractivity contribution in [1.82, 2.24) is 0 Å². The highest BCUT2D eigenvalue weighted by Crippen LogP contribution is 2.29. The average Bonchev–Trinajstić information content (AvgIpc) is 2.36. The van der Waals surface area contributed by atoms with Crippen LogP contribution >= 0.6 is 11.6 Å². The molecule has 2 rings (SSSR count). The molecule has 2 aromatic carbocycles. The summed E-state index contributed by atoms with van der Waals surface area (Å²) in [5.41, 5.74) is 7.18. The Bertz CT molecular complexity index is 628. The predicted octanol–water partition coefficient (Wildman–Crippen LogP) is 4.11. The van der Waals surface area contributed by atoms with E-state index in [0.717, 1.165) is 18.2 Å². The average molecular weight is 286 g/mol. The number of benzene rings is 2. The summed E-state index contributed by atoms with van der Waals surface area (Å²) in [7, 11) is 0. The minimum absolute atomic E-state index is 0.153. The third-order valence-electron chi connectivity index (χ3n) is 2.92. The molecule has 2 aromatic rings. The molecule has 1 unspecified atom stereocenters. The van der Waals surface area contributed by atoms with Gasteiger partial charge in [-0.2, -0.15) is 0 Å². The van der Waals surface area contributed by atoms with Crippen LogP contribution in [0.2, 0.25) is 5.02 Å². The second kappa shape index (κ2) is 5.23. The largest absolute Gasteiger partial charge is 0.320 e. The van der Waals surface area contributed by atoms with Crippen molar-refractivity contribution in [3.8, 4) is 0 Å². The van der Waals surface area contributed by atoms with Gasteiger partial charge in [-0.3, -0.25) is 0 Å². The maximum absolute atomic E-state index is 13.3. The molecule has 0 spiro atoms. The number of rotatable bonds is 2. The lowest BCUT2D eigenvalue weighted by Crippen LogP contribution is -2.13. The van der Waals surface area contributed by atoms with Gasteiger partial charge in [0.05, 0.1) is 6.04 Å². The van der Waals surface area contributed by atoms with E-state index in [2.05, 4.69) is 0 Å². The van der Waals surface area contributed by atoms with Crippen LogP contribution in [-0.2, 0) is 0 Å². The second-order valence-corrected chi connectivity index (χ2v) is 4.68. The van der Waals surface area contributed by atoms with Crippen molar-refractivity contribution in [2.45, 2.75) is 13.0 Å². The van der Waals surface area contributed by atoms with Gasteiger partial charge >= 0.3 is 0 Å². The lowest BCUT2D eigenvalue weighted by atomic mass is 9.97. The minimum atomic E-state index is -0.983. The van der Waals surface area contributed by atoms with E-state index in [-0.39, 0.29) is 5.02 Å². The molecule has 1 atom stereocenters. The first-order chi connectivity index (χ1) is 8.90. The fraction of sp³-hybridized carbons (Fsp3) is 0.143. The van der Waals surface area contributed by atoms with Gasteiger partial charge in [-0.05, 0) is 47.9 Å². The van der Waals surface area contributed by atoms with Crippen LogP contribution in [0.3, 0.4) is 0 Å². The van der Waals surface area contributed by atoms with Gasteiger partial charge in [0.25, 0.3) is 0 Å². The molecule has 5 heteroatoms. The molecule has 0 amide bonds. The van der Waals surface area contributed by atoms with Gasteiger partial charge in [-0.15, -0.1) is 0 Å². The second-order valence-electron chi connectivity index (χ2n) is 4.27. The van der Waals surface area contributed by atoms with E-state index in [4.69, 9.17) is 17.3 Å². The molecule has 0 fully saturated rings. The van der Waals surface area contributed by atoms with Gasteiger partial charge < -0.3 is 5.73 Å². The summed E-state index contributed by atoms with van der Waals surface area (Å²) < 4.78 is 39.4. The van der Waals surface area contributed by atoms with Gasteiger partial charge in [0.2, 0.25) is 0 Å². The van der Waals surface area contributed by atoms with E-state index in [0.29, 0.717) is 16.7 Å². The van der Waals surface area contributed by atoms with Crippen LogP contribution in [-0.4, -0.2) is 0 Å². The molecule has 0 saturated heterocycles. The maximum atomic E-state index is 13.3. The Morgan fingerprint density at radius 2 is 1.68 bits per heavy atom. The van der Waals surface area contributed by atoms with Gasteiger partial charge in [0.15, 0.2) is 11.6 Å². The van der Waals surface area contributed by atoms with E-state index >= 15 is 0 Å². The molecular weight excluding hydrogens is 275 g/mol. The van der Waals surface area contributed by atoms with E-state index in [1.165, 1.54) is 12.1 Å². The van der Waals surface area contributed by atoms with Crippen LogP contribution in [0.5, 0.6) is 0 Å². The summed E-state index contributed by atoms with van der Waals surface area (Å²) in [6, 6.07) is 5.29. The number of hydrogen-bond donors (Lipinski definition) is 1. The van der Waals surface area contributed by atoms with Crippen molar-refractivity contribution in [2.75, 3.05) is 0 Å². The van der Waals surface area contributed by atoms with E-state index in [1.54, 1.807) is 6.92 Å². The molecule has 0 aliphatic carbocycles. The van der Waals surface area contributed by atoms with Gasteiger partial charge in [-0.1, -0.05) is 17.7 Å². The molecule has 2 N–H and O–H groups in total. The van der Waals surface area contributed by atoms with Crippen molar-refractivity contribution in [3.05, 3.63) is 69.5 Å². The number of nitrogens with two attached hydrogens (primary N) is 1. The summed E-state index contributed by atoms with van der Waals surface area (Å²) in [5, 5.41) is 0.153. The monoisotopic (exact) mass is 285 g/mol. The highest BCUT2D eigenvalue weighted by molar-refractivity contribution is 6.31. The van der Waals surface area contributed by atoms with Crippen LogP contribution in [0.1, 0.15) is 22.7 Å². The SMILES string of the molecule is Cc1cc(C(N)c2ccc(F)c(F)c2)c(Cl)cc1F. The minimum Gasteiger partial charge on any atom is -0.320 e. The molecule has 0 bridgehead atoms. The summed E-state index contributed by atoms with van der Waals surface area (Å²) in [5.74, 6) is -2.37. The summed E-state index contributed by atoms with van der Waals surface area (Å²) in [4.78, 5) is 0. The van der Waals surface area contributed by atoms with Crippen LogP contribution in [0.25, 0.3) is 0 Å². The standard InChI is InChI=1S/C14H11ClF3N/c1-7-4-9(10(15)6-12(7)17)14(19)8-2-3-11(16)13(18)5-8/h2-6,14H,19H2,1H3. The third-order valence-corrected chi connectivity index (χ3v) is 3.24. The Labute approximate surface area is 113 Å². The molecular formula is C14H11ClF3N. The molecule has 0 aliphatic heterocycles. The van der Waals surface area contributed by atoms with Gasteiger partial charge in [-0.25, -0.2) is 13.2 Å². The summed E-state index contributed by atoms with van der Waals surface area (Å²) >= 11 is 5.93. The summed E-state index contributed by atoms with van der Waals surface area (Å²) in [6.45, 7) is 1.58. The first-order valence-corrected chi connectivity index (χ1v) is 5.94. The van der Waals surface area contributed by atoms with E-state index < -0.39 is 23.5 Å². The summed E-state index contributed by atoms with van der Waals surface area (Å²) in [6.07, 6.45) is 0. The van der Waals surface area contributed by atoms with E-state index in [9.17, 15) is 13.2 Å². The van der Waals surface area contributed by atoms with Crippen molar-refractivity contribution in [3.63, 3.8) is 0 Å². The fourth-order valence-electron chi connectivity index (χ4n) is 1.80. The van der Waals surface area contributed by atoms with Crippen molar-refractivity contribution in [2.24, 2.45) is 5.73 Å². The zero-order valence-corrected chi connectivity index (χ0v) is 10.8. The highest BCUT2D eigenvalue weighted by atomic mass is 35.5. The Morgan fingerprint density at radius 3 is 2.32 bits per heavy atom. The topological polar surface area (TPSA) is 26.0 Å². The normalized spacial score (nSPS) is 12.5. The molecule has 0 aromatic heterocycles. The number of halogens is 4. The first-order valence-electron chi connectivity index (χ1n) is 5.56. The molecule has 0 saturated carbocycles. The smallest absolute Gasteiger partial charge is 0.159 e. The molecule has 1 nitrogen and oxygen atoms in total. The zero-order valence-electron chi connectivity index (χ0n) is 10.1. The Kier molecular flexibility index (Phi) is 3.83. The van der Waals surface area contributed by atoms with Crippen molar-refractivity contribution >= 4 is 11.6 Å². The van der Waals surface area contributed by atoms with E-state index in [1.807, 2.05) is 0 Å². The Morgan fingerprint density at radius 1 is 1.00 bits per heavy atom. The Balaban J connectivity index is 2.46. The fourth-order valence-corrected chi connectivity index (χ4v) is 2.07. The number of aryl methyl sites for hydroxylation is 1. The van der Waals surface area contributed by atoms with Crippen LogP contribution in [0, 0.1) is 24.4 Å². The molecule has 0 heterocycles. The molecule has 0 radical (unpaired) electrons. The Hall–Kier alpha value is -1.52. The van der Waals surface area contributed by atoms with Crippen LogP contribution in [0.15, 0.2) is 30.3 Å².